The third-order valence-electron chi connectivity index (χ3n) is 3.82. The van der Waals surface area contributed by atoms with Crippen LogP contribution in [0.4, 0.5) is 25.8 Å². The standard InChI is InChI=1S/C21H15ClF2N4O2/c22-14-8-9-18(27-19-7-2-1-6-17(19)24)13(10-14)12-25-28-21(30)20(29)26-16-5-3-4-15(23)11-16/h1-12,27H,(H,26,29)(H,28,30)/b25-12-. The van der Waals surface area contributed by atoms with Gasteiger partial charge < -0.3 is 10.6 Å². The second-order valence-corrected chi connectivity index (χ2v) is 6.44. The Labute approximate surface area is 175 Å². The number of para-hydroxylation sites is 1. The van der Waals surface area contributed by atoms with E-state index in [2.05, 4.69) is 21.2 Å². The fourth-order valence-electron chi connectivity index (χ4n) is 2.43. The first-order valence-electron chi connectivity index (χ1n) is 8.63. The van der Waals surface area contributed by atoms with Crippen LogP contribution in [0.2, 0.25) is 5.02 Å². The molecule has 6 nitrogen and oxygen atoms in total. The minimum Gasteiger partial charge on any atom is -0.353 e. The summed E-state index contributed by atoms with van der Waals surface area (Å²) in [5.41, 5.74) is 3.36. The van der Waals surface area contributed by atoms with Gasteiger partial charge in [-0.1, -0.05) is 29.8 Å². The average Bonchev–Trinajstić information content (AvgIpc) is 2.71. The second-order valence-electron chi connectivity index (χ2n) is 6.00. The van der Waals surface area contributed by atoms with Gasteiger partial charge in [-0.05, 0) is 48.5 Å². The first kappa shape index (κ1) is 20.9. The van der Waals surface area contributed by atoms with Crippen LogP contribution in [0.5, 0.6) is 0 Å². The molecule has 0 aliphatic rings. The lowest BCUT2D eigenvalue weighted by Gasteiger charge is -2.10. The summed E-state index contributed by atoms with van der Waals surface area (Å²) in [5.74, 6) is -3.07. The number of nitrogens with one attached hydrogen (secondary N) is 3. The Bertz CT molecular complexity index is 1120. The van der Waals surface area contributed by atoms with Crippen molar-refractivity contribution in [1.29, 1.82) is 0 Å². The van der Waals surface area contributed by atoms with E-state index in [0.717, 1.165) is 6.07 Å². The molecule has 0 heterocycles. The summed E-state index contributed by atoms with van der Waals surface area (Å²) in [7, 11) is 0. The Kier molecular flexibility index (Phi) is 6.71. The molecule has 152 valence electrons. The predicted molar refractivity (Wildman–Crippen MR) is 112 cm³/mol. The molecule has 30 heavy (non-hydrogen) atoms. The number of hydrazone groups is 1. The molecule has 3 aromatic rings. The van der Waals surface area contributed by atoms with E-state index < -0.39 is 23.4 Å². The number of benzene rings is 3. The van der Waals surface area contributed by atoms with E-state index in [1.165, 1.54) is 30.5 Å². The number of hydrogen-bond donors (Lipinski definition) is 3. The molecule has 3 N–H and O–H groups in total. The van der Waals surface area contributed by atoms with Crippen molar-refractivity contribution in [3.63, 3.8) is 0 Å². The van der Waals surface area contributed by atoms with Crippen LogP contribution in [0.25, 0.3) is 0 Å². The average molecular weight is 429 g/mol. The highest BCUT2D eigenvalue weighted by atomic mass is 35.5. The summed E-state index contributed by atoms with van der Waals surface area (Å²) in [6.07, 6.45) is 1.25. The summed E-state index contributed by atoms with van der Waals surface area (Å²) in [5, 5.41) is 9.30. The summed E-state index contributed by atoms with van der Waals surface area (Å²) in [4.78, 5) is 23.8. The number of rotatable bonds is 5. The fraction of sp³-hybridized carbons (Fsp3) is 0. The molecule has 0 saturated heterocycles. The monoisotopic (exact) mass is 428 g/mol. The maximum Gasteiger partial charge on any atom is 0.329 e. The van der Waals surface area contributed by atoms with Crippen molar-refractivity contribution in [2.24, 2.45) is 5.10 Å². The van der Waals surface area contributed by atoms with Gasteiger partial charge in [0.25, 0.3) is 0 Å². The Hall–Kier alpha value is -3.78. The van der Waals surface area contributed by atoms with Crippen LogP contribution in [0, 0.1) is 11.6 Å². The number of carbonyl (C=O) groups excluding carboxylic acids is 2. The first-order valence-corrected chi connectivity index (χ1v) is 9.01. The van der Waals surface area contributed by atoms with Gasteiger partial charge in [0, 0.05) is 22.0 Å². The van der Waals surface area contributed by atoms with Gasteiger partial charge in [-0.3, -0.25) is 9.59 Å². The molecular weight excluding hydrogens is 414 g/mol. The van der Waals surface area contributed by atoms with Gasteiger partial charge in [-0.2, -0.15) is 5.10 Å². The van der Waals surface area contributed by atoms with Crippen molar-refractivity contribution in [2.45, 2.75) is 0 Å². The topological polar surface area (TPSA) is 82.6 Å². The lowest BCUT2D eigenvalue weighted by Crippen LogP contribution is -2.32. The molecule has 0 fully saturated rings. The SMILES string of the molecule is O=C(N/N=C\c1cc(Cl)ccc1Nc1ccccc1F)C(=O)Nc1cccc(F)c1. The molecule has 0 radical (unpaired) electrons. The molecule has 0 unspecified atom stereocenters. The van der Waals surface area contributed by atoms with E-state index in [0.29, 0.717) is 16.3 Å². The van der Waals surface area contributed by atoms with Gasteiger partial charge in [0.15, 0.2) is 0 Å². The van der Waals surface area contributed by atoms with Crippen LogP contribution >= 0.6 is 11.6 Å². The maximum atomic E-state index is 13.9. The maximum absolute atomic E-state index is 13.9. The Balaban J connectivity index is 1.68. The molecule has 3 aromatic carbocycles. The number of hydrogen-bond acceptors (Lipinski definition) is 4. The van der Waals surface area contributed by atoms with E-state index in [9.17, 15) is 18.4 Å². The number of carbonyl (C=O) groups is 2. The van der Waals surface area contributed by atoms with Crippen molar-refractivity contribution in [3.8, 4) is 0 Å². The van der Waals surface area contributed by atoms with Gasteiger partial charge in [-0.25, -0.2) is 14.2 Å². The molecule has 0 atom stereocenters. The van der Waals surface area contributed by atoms with Crippen molar-refractivity contribution in [1.82, 2.24) is 5.43 Å². The van der Waals surface area contributed by atoms with Gasteiger partial charge in [-0.15, -0.1) is 0 Å². The molecule has 0 aliphatic carbocycles. The summed E-state index contributed by atoms with van der Waals surface area (Å²) < 4.78 is 27.0. The molecule has 3 rings (SSSR count). The number of amides is 2. The third-order valence-corrected chi connectivity index (χ3v) is 4.05. The minimum absolute atomic E-state index is 0.130. The molecule has 9 heteroatoms. The molecule has 0 saturated carbocycles. The lowest BCUT2D eigenvalue weighted by atomic mass is 10.2. The van der Waals surface area contributed by atoms with Gasteiger partial charge in [0.1, 0.15) is 11.6 Å². The van der Waals surface area contributed by atoms with E-state index in [1.807, 2.05) is 0 Å². The van der Waals surface area contributed by atoms with Gasteiger partial charge in [0.05, 0.1) is 11.9 Å². The fourth-order valence-corrected chi connectivity index (χ4v) is 2.61. The molecule has 0 bridgehead atoms. The molecule has 0 aliphatic heterocycles. The highest BCUT2D eigenvalue weighted by Crippen LogP contribution is 2.24. The normalized spacial score (nSPS) is 10.6. The summed E-state index contributed by atoms with van der Waals surface area (Å²) in [6, 6.07) is 16.0. The number of halogens is 3. The van der Waals surface area contributed by atoms with Crippen LogP contribution < -0.4 is 16.1 Å². The molecule has 2 amide bonds. The van der Waals surface area contributed by atoms with Crippen LogP contribution in [-0.2, 0) is 9.59 Å². The zero-order chi connectivity index (χ0) is 21.5. The van der Waals surface area contributed by atoms with E-state index in [-0.39, 0.29) is 11.4 Å². The largest absolute Gasteiger partial charge is 0.353 e. The Morgan fingerprint density at radius 2 is 1.70 bits per heavy atom. The van der Waals surface area contributed by atoms with Crippen molar-refractivity contribution in [2.75, 3.05) is 10.6 Å². The summed E-state index contributed by atoms with van der Waals surface area (Å²) >= 11 is 6.00. The smallest absolute Gasteiger partial charge is 0.329 e. The van der Waals surface area contributed by atoms with E-state index >= 15 is 0 Å². The zero-order valence-electron chi connectivity index (χ0n) is 15.3. The van der Waals surface area contributed by atoms with Gasteiger partial charge in [0.2, 0.25) is 0 Å². The summed E-state index contributed by atoms with van der Waals surface area (Å²) in [6.45, 7) is 0. The highest BCUT2D eigenvalue weighted by Gasteiger charge is 2.13. The number of nitrogens with zero attached hydrogens (tertiary/aromatic N) is 1. The second kappa shape index (κ2) is 9.62. The van der Waals surface area contributed by atoms with Crippen LogP contribution in [0.1, 0.15) is 5.56 Å². The van der Waals surface area contributed by atoms with E-state index in [1.54, 1.807) is 36.4 Å². The molecule has 0 spiro atoms. The first-order chi connectivity index (χ1) is 14.4. The van der Waals surface area contributed by atoms with Crippen molar-refractivity contribution in [3.05, 3.63) is 89.0 Å². The predicted octanol–water partition coefficient (Wildman–Crippen LogP) is 4.45. The van der Waals surface area contributed by atoms with Gasteiger partial charge >= 0.3 is 11.8 Å². The number of anilines is 3. The molecular formula is C21H15ClF2N4O2. The Morgan fingerprint density at radius 3 is 2.47 bits per heavy atom. The quantitative estimate of drug-likeness (QED) is 0.319. The van der Waals surface area contributed by atoms with Crippen LogP contribution in [-0.4, -0.2) is 18.0 Å². The van der Waals surface area contributed by atoms with Crippen molar-refractivity contribution < 1.29 is 18.4 Å². The zero-order valence-corrected chi connectivity index (χ0v) is 16.1. The third kappa shape index (κ3) is 5.62. The highest BCUT2D eigenvalue weighted by molar-refractivity contribution is 6.39. The minimum atomic E-state index is -1.05. The van der Waals surface area contributed by atoms with E-state index in [4.69, 9.17) is 11.6 Å². The van der Waals surface area contributed by atoms with Crippen LogP contribution in [0.15, 0.2) is 71.8 Å². The van der Waals surface area contributed by atoms with Crippen molar-refractivity contribution >= 4 is 46.7 Å². The lowest BCUT2D eigenvalue weighted by molar-refractivity contribution is -0.136. The molecule has 0 aromatic heterocycles. The van der Waals surface area contributed by atoms with Crippen LogP contribution in [0.3, 0.4) is 0 Å². The Morgan fingerprint density at radius 1 is 0.900 bits per heavy atom.